The summed E-state index contributed by atoms with van der Waals surface area (Å²) < 4.78 is 11.0. The van der Waals surface area contributed by atoms with E-state index in [0.29, 0.717) is 20.7 Å². The molecule has 9 heteroatoms. The average Bonchev–Trinajstić information content (AvgIpc) is 3.03. The van der Waals surface area contributed by atoms with E-state index in [9.17, 15) is 9.59 Å². The molecule has 0 saturated carbocycles. The second-order valence-electron chi connectivity index (χ2n) is 6.24. The third-order valence-corrected chi connectivity index (χ3v) is 5.64. The zero-order chi connectivity index (χ0) is 21.5. The molecule has 1 aliphatic rings. The van der Waals surface area contributed by atoms with Crippen LogP contribution in [0, 0.1) is 0 Å². The lowest BCUT2D eigenvalue weighted by Crippen LogP contribution is -2.35. The summed E-state index contributed by atoms with van der Waals surface area (Å²) in [6.45, 7) is 0.205. The first-order chi connectivity index (χ1) is 14.5. The van der Waals surface area contributed by atoms with E-state index in [-0.39, 0.29) is 24.8 Å². The quantitative estimate of drug-likeness (QED) is 0.368. The molecule has 0 unspecified atom stereocenters. The standard InChI is InChI=1S/C21H21N3O4S2/c1-27-16-9-8-14(12-17(16)28-2)13-18-20(26)24(21(29)30-18)11-10-19(25)23-22-15-6-4-3-5-7-15/h3-9,12-13,22H,10-11H2,1-2H3,(H,23,25). The van der Waals surface area contributed by atoms with Gasteiger partial charge in [-0.25, -0.2) is 0 Å². The molecule has 1 aliphatic heterocycles. The Balaban J connectivity index is 1.59. The van der Waals surface area contributed by atoms with E-state index in [0.717, 1.165) is 11.3 Å². The fourth-order valence-electron chi connectivity index (χ4n) is 2.73. The molecule has 0 spiro atoms. The number of ether oxygens (including phenoxy) is 2. The van der Waals surface area contributed by atoms with Gasteiger partial charge in [0.2, 0.25) is 5.91 Å². The van der Waals surface area contributed by atoms with Gasteiger partial charge in [0.15, 0.2) is 11.5 Å². The molecule has 0 aliphatic carbocycles. The van der Waals surface area contributed by atoms with Gasteiger partial charge >= 0.3 is 0 Å². The summed E-state index contributed by atoms with van der Waals surface area (Å²) in [5.74, 6) is 0.724. The van der Waals surface area contributed by atoms with Gasteiger partial charge in [-0.2, -0.15) is 0 Å². The minimum Gasteiger partial charge on any atom is -0.493 e. The van der Waals surface area contributed by atoms with Crippen LogP contribution in [0.25, 0.3) is 6.08 Å². The molecule has 1 heterocycles. The number of thioether (sulfide) groups is 1. The van der Waals surface area contributed by atoms with Crippen molar-refractivity contribution in [2.75, 3.05) is 26.2 Å². The summed E-state index contributed by atoms with van der Waals surface area (Å²) in [5.41, 5.74) is 7.00. The van der Waals surface area contributed by atoms with Crippen LogP contribution < -0.4 is 20.3 Å². The van der Waals surface area contributed by atoms with Gasteiger partial charge in [-0.1, -0.05) is 48.2 Å². The first kappa shape index (κ1) is 21.7. The minimum atomic E-state index is -0.239. The number of hydrazine groups is 1. The van der Waals surface area contributed by atoms with Crippen LogP contribution in [0.15, 0.2) is 53.4 Å². The highest BCUT2D eigenvalue weighted by Crippen LogP contribution is 2.34. The number of benzene rings is 2. The molecular formula is C21H21N3O4S2. The lowest BCUT2D eigenvalue weighted by Gasteiger charge is -2.14. The number of thiocarbonyl (C=S) groups is 1. The van der Waals surface area contributed by atoms with E-state index < -0.39 is 0 Å². The Hall–Kier alpha value is -3.04. The number of carbonyl (C=O) groups is 2. The van der Waals surface area contributed by atoms with Crippen molar-refractivity contribution in [3.63, 3.8) is 0 Å². The molecular weight excluding hydrogens is 422 g/mol. The molecule has 2 N–H and O–H groups in total. The van der Waals surface area contributed by atoms with Crippen LogP contribution in [0.2, 0.25) is 0 Å². The molecule has 1 fully saturated rings. The maximum absolute atomic E-state index is 12.7. The summed E-state index contributed by atoms with van der Waals surface area (Å²) in [7, 11) is 3.12. The zero-order valence-corrected chi connectivity index (χ0v) is 18.1. The van der Waals surface area contributed by atoms with Crippen LogP contribution in [0.4, 0.5) is 5.69 Å². The van der Waals surface area contributed by atoms with E-state index in [2.05, 4.69) is 10.9 Å². The largest absolute Gasteiger partial charge is 0.493 e. The summed E-state index contributed by atoms with van der Waals surface area (Å²) in [4.78, 5) is 26.8. The molecule has 30 heavy (non-hydrogen) atoms. The molecule has 1 saturated heterocycles. The number of anilines is 1. The highest BCUT2D eigenvalue weighted by molar-refractivity contribution is 8.26. The highest BCUT2D eigenvalue weighted by Gasteiger charge is 2.32. The monoisotopic (exact) mass is 443 g/mol. The topological polar surface area (TPSA) is 79.9 Å². The number of rotatable bonds is 8. The number of methoxy groups -OCH3 is 2. The van der Waals surface area contributed by atoms with Crippen molar-refractivity contribution >= 4 is 51.9 Å². The second-order valence-corrected chi connectivity index (χ2v) is 7.91. The van der Waals surface area contributed by atoms with Gasteiger partial charge in [-0.3, -0.25) is 25.3 Å². The number of nitrogens with zero attached hydrogens (tertiary/aromatic N) is 1. The smallest absolute Gasteiger partial charge is 0.266 e. The van der Waals surface area contributed by atoms with Crippen molar-refractivity contribution in [2.45, 2.75) is 6.42 Å². The van der Waals surface area contributed by atoms with E-state index in [4.69, 9.17) is 21.7 Å². The fourth-order valence-corrected chi connectivity index (χ4v) is 4.03. The molecule has 2 aromatic rings. The first-order valence-electron chi connectivity index (χ1n) is 9.09. The number of hydrogen-bond acceptors (Lipinski definition) is 7. The molecule has 0 bridgehead atoms. The van der Waals surface area contributed by atoms with Crippen molar-refractivity contribution in [3.05, 3.63) is 59.0 Å². The number of amides is 2. The lowest BCUT2D eigenvalue weighted by molar-refractivity contribution is -0.123. The Morgan fingerprint density at radius 3 is 2.57 bits per heavy atom. The summed E-state index contributed by atoms with van der Waals surface area (Å²) >= 11 is 6.54. The van der Waals surface area contributed by atoms with Crippen LogP contribution in [0.1, 0.15) is 12.0 Å². The normalized spacial score (nSPS) is 14.7. The Labute approximate surface area is 184 Å². The Morgan fingerprint density at radius 2 is 1.87 bits per heavy atom. The third kappa shape index (κ3) is 5.31. The second kappa shape index (κ2) is 10.1. The van der Waals surface area contributed by atoms with Gasteiger partial charge in [-0.15, -0.1) is 0 Å². The summed E-state index contributed by atoms with van der Waals surface area (Å²) in [6, 6.07) is 14.7. The first-order valence-corrected chi connectivity index (χ1v) is 10.3. The molecule has 0 atom stereocenters. The molecule has 2 aromatic carbocycles. The number of hydrogen-bond donors (Lipinski definition) is 2. The molecule has 0 radical (unpaired) electrons. The van der Waals surface area contributed by atoms with Crippen molar-refractivity contribution in [1.82, 2.24) is 10.3 Å². The van der Waals surface area contributed by atoms with E-state index in [1.165, 1.54) is 16.7 Å². The van der Waals surface area contributed by atoms with E-state index >= 15 is 0 Å². The Kier molecular flexibility index (Phi) is 7.31. The predicted octanol–water partition coefficient (Wildman–Crippen LogP) is 3.44. The van der Waals surface area contributed by atoms with Gasteiger partial charge in [0.25, 0.3) is 5.91 Å². The molecule has 3 rings (SSSR count). The average molecular weight is 444 g/mol. The molecule has 156 valence electrons. The number of para-hydroxylation sites is 1. The summed E-state index contributed by atoms with van der Waals surface area (Å²) in [6.07, 6.45) is 1.87. The SMILES string of the molecule is COc1ccc(C=C2SC(=S)N(CCC(=O)NNc3ccccc3)C2=O)cc1OC. The summed E-state index contributed by atoms with van der Waals surface area (Å²) in [5, 5.41) is 0. The highest BCUT2D eigenvalue weighted by atomic mass is 32.2. The van der Waals surface area contributed by atoms with Gasteiger partial charge in [0.05, 0.1) is 24.8 Å². The number of nitrogens with one attached hydrogen (secondary N) is 2. The Morgan fingerprint density at radius 1 is 1.13 bits per heavy atom. The van der Waals surface area contributed by atoms with Crippen molar-refractivity contribution in [3.8, 4) is 11.5 Å². The number of carbonyl (C=O) groups excluding carboxylic acids is 2. The van der Waals surface area contributed by atoms with Gasteiger partial charge < -0.3 is 9.47 Å². The van der Waals surface area contributed by atoms with Gasteiger partial charge in [0, 0.05) is 13.0 Å². The van der Waals surface area contributed by atoms with Crippen molar-refractivity contribution in [2.24, 2.45) is 0 Å². The molecule has 0 aromatic heterocycles. The van der Waals surface area contributed by atoms with Crippen molar-refractivity contribution in [1.29, 1.82) is 0 Å². The van der Waals surface area contributed by atoms with Crippen LogP contribution in [0.3, 0.4) is 0 Å². The predicted molar refractivity (Wildman–Crippen MR) is 122 cm³/mol. The lowest BCUT2D eigenvalue weighted by atomic mass is 10.2. The van der Waals surface area contributed by atoms with E-state index in [1.54, 1.807) is 32.4 Å². The zero-order valence-electron chi connectivity index (χ0n) is 16.5. The molecule has 2 amide bonds. The third-order valence-electron chi connectivity index (χ3n) is 4.26. The van der Waals surface area contributed by atoms with Crippen LogP contribution in [-0.4, -0.2) is 41.8 Å². The maximum Gasteiger partial charge on any atom is 0.266 e. The van der Waals surface area contributed by atoms with Crippen LogP contribution in [0.5, 0.6) is 11.5 Å². The minimum absolute atomic E-state index is 0.121. The maximum atomic E-state index is 12.7. The van der Waals surface area contributed by atoms with Crippen molar-refractivity contribution < 1.29 is 19.1 Å². The van der Waals surface area contributed by atoms with Gasteiger partial charge in [-0.05, 0) is 35.9 Å². The van der Waals surface area contributed by atoms with Crippen LogP contribution >= 0.6 is 24.0 Å². The van der Waals surface area contributed by atoms with Crippen LogP contribution in [-0.2, 0) is 9.59 Å². The van der Waals surface area contributed by atoms with E-state index in [1.807, 2.05) is 36.4 Å². The Bertz CT molecular complexity index is 979. The molecule has 7 nitrogen and oxygen atoms in total. The van der Waals surface area contributed by atoms with Gasteiger partial charge in [0.1, 0.15) is 4.32 Å². The fraction of sp³-hybridized carbons (Fsp3) is 0.190.